The van der Waals surface area contributed by atoms with Gasteiger partial charge in [0.25, 0.3) is 11.1 Å². The zero-order valence-electron chi connectivity index (χ0n) is 42.6. The van der Waals surface area contributed by atoms with Crippen LogP contribution in [-0.2, 0) is 42.6 Å². The van der Waals surface area contributed by atoms with Gasteiger partial charge in [0.15, 0.2) is 11.2 Å². The first kappa shape index (κ1) is 54.4. The number of rotatable bonds is 18. The second kappa shape index (κ2) is 22.5. The molecule has 11 heterocycles. The number of hydrogen-bond donors (Lipinski definition) is 8. The molecule has 5 saturated heterocycles. The van der Waals surface area contributed by atoms with Crippen molar-refractivity contribution >= 4 is 34.6 Å². The molecule has 33 heteroatoms. The van der Waals surface area contributed by atoms with E-state index in [1.807, 2.05) is 0 Å². The number of aromatic nitrogens is 12. The molecule has 0 bridgehead atoms. The summed E-state index contributed by atoms with van der Waals surface area (Å²) in [4.78, 5) is 101. The van der Waals surface area contributed by atoms with E-state index in [0.717, 1.165) is 0 Å². The lowest BCUT2D eigenvalue weighted by Crippen LogP contribution is -2.39. The molecule has 5 aliphatic heterocycles. The number of hydrogen-bond acceptors (Lipinski definition) is 26. The van der Waals surface area contributed by atoms with Gasteiger partial charge in [-0.2, -0.15) is 19.9 Å². The first-order chi connectivity index (χ1) is 38.5. The first-order valence-electron chi connectivity index (χ1n) is 25.6. The summed E-state index contributed by atoms with van der Waals surface area (Å²) in [5.74, 6) is -0.118. The van der Waals surface area contributed by atoms with Gasteiger partial charge in [-0.1, -0.05) is 0 Å². The van der Waals surface area contributed by atoms with Crippen LogP contribution in [0.25, 0.3) is 11.2 Å². The standard InChI is InChI=1S/C47H58N16O17/c1-20-13-62(47(71)58-41(20)66)34-8-21(65)27(77-34)15-72-23-10-35(59-5-2-31(48)53-44(59)68)79-29(23)17-74-25-12-37(61-7-4-33(50)55-46(61)70)80-30(25)18-75-24-11-36(60-6-3-32(49)54-45(60)69)78-28(24)16-73-22-9-38(76-26(22)14-64)63-19-52-39-40(63)56-43(51)57-42(39)67/h2-7,13,19,21-30,34-38,64-65H,8-12,14-18H2,1H3,(H2,48,53,68)(H2,49,54,69)(H2,50,55,70)(H,58,66,71)(H3,51,56,57,67)/t21-,22-,23-,24-,25-,26+,27+,28+,29+,30+,34+,35+,36+,37+,38+/m0/s1. The SMILES string of the molecule is Cc1cn([C@H]2C[C@H](O)[C@@H](CO[C@H]3C[C@H](n4ccc(N)nc4=O)O[C@@H]3CO[C@H]3C[C@H](n4ccc(N)nc4=O)O[C@@H]3CO[C@H]3C[C@H](n4ccc(N)nc4=O)O[C@@H]3CO[C@H]3C[C@H](n4cnc5c(=O)[nH]c(N)nc54)O[C@@H]3CO)O2)c(=O)[nH]c1=O. The molecule has 11 rings (SSSR count). The van der Waals surface area contributed by atoms with Crippen LogP contribution in [0.3, 0.4) is 0 Å². The minimum absolute atomic E-state index is 0.00214. The van der Waals surface area contributed by atoms with Gasteiger partial charge in [-0.3, -0.25) is 42.4 Å². The van der Waals surface area contributed by atoms with Crippen LogP contribution in [-0.4, -0.2) is 162 Å². The fourth-order valence-electron chi connectivity index (χ4n) is 10.6. The molecule has 0 aromatic carbocycles. The van der Waals surface area contributed by atoms with E-state index in [9.17, 15) is 39.0 Å². The number of aliphatic hydroxyl groups excluding tert-OH is 2. The van der Waals surface area contributed by atoms with Gasteiger partial charge in [-0.05, 0) is 25.1 Å². The number of nitrogens with two attached hydrogens (primary N) is 4. The predicted octanol–water partition coefficient (Wildman–Crippen LogP) is -3.59. The van der Waals surface area contributed by atoms with E-state index < -0.39 is 133 Å². The van der Waals surface area contributed by atoms with E-state index in [4.69, 9.17) is 65.6 Å². The average molecular weight is 1120 g/mol. The summed E-state index contributed by atoms with van der Waals surface area (Å²) in [5, 5.41) is 21.5. The van der Waals surface area contributed by atoms with Gasteiger partial charge in [-0.25, -0.2) is 24.2 Å². The van der Waals surface area contributed by atoms with E-state index in [1.165, 1.54) is 79.1 Å². The third kappa shape index (κ3) is 11.2. The van der Waals surface area contributed by atoms with Gasteiger partial charge in [0.05, 0.1) is 69.9 Å². The van der Waals surface area contributed by atoms with E-state index >= 15 is 0 Å². The Morgan fingerprint density at radius 3 is 1.43 bits per heavy atom. The summed E-state index contributed by atoms with van der Waals surface area (Å²) in [6.07, 6.45) is -5.43. The average Bonchev–Trinajstić information content (AvgIpc) is 4.31. The number of aryl methyl sites for hydroxylation is 1. The van der Waals surface area contributed by atoms with E-state index in [2.05, 4.69) is 34.9 Å². The second-order valence-electron chi connectivity index (χ2n) is 19.9. The molecule has 6 aromatic rings. The number of imidazole rings is 1. The van der Waals surface area contributed by atoms with E-state index in [0.29, 0.717) is 0 Å². The second-order valence-corrected chi connectivity index (χ2v) is 19.9. The molecule has 15 atom stereocenters. The summed E-state index contributed by atoms with van der Waals surface area (Å²) in [5.41, 5.74) is 19.9. The van der Waals surface area contributed by atoms with Crippen LogP contribution in [0.4, 0.5) is 23.4 Å². The number of aromatic amines is 2. The van der Waals surface area contributed by atoms with Gasteiger partial charge >= 0.3 is 22.8 Å². The van der Waals surface area contributed by atoms with Crippen LogP contribution in [0.15, 0.2) is 78.1 Å². The predicted molar refractivity (Wildman–Crippen MR) is 272 cm³/mol. The number of anilines is 4. The molecule has 428 valence electrons. The normalized spacial score (nSPS) is 30.5. The zero-order chi connectivity index (χ0) is 56.1. The number of nitrogens with zero attached hydrogens (tertiary/aromatic N) is 10. The van der Waals surface area contributed by atoms with Crippen LogP contribution >= 0.6 is 0 Å². The number of H-pyrrole nitrogens is 2. The van der Waals surface area contributed by atoms with Crippen molar-refractivity contribution in [1.82, 2.24) is 57.7 Å². The molecule has 80 heavy (non-hydrogen) atoms. The Labute approximate surface area is 448 Å². The van der Waals surface area contributed by atoms with Crippen molar-refractivity contribution in [3.8, 4) is 0 Å². The number of nitrogen functional groups attached to an aromatic ring is 4. The lowest BCUT2D eigenvalue weighted by Gasteiger charge is -2.26. The maximum atomic E-state index is 13.2. The fraction of sp³-hybridized carbons (Fsp3) is 0.553. The van der Waals surface area contributed by atoms with Crippen molar-refractivity contribution in [2.24, 2.45) is 0 Å². The van der Waals surface area contributed by atoms with Crippen molar-refractivity contribution in [3.05, 3.63) is 118 Å². The van der Waals surface area contributed by atoms with Crippen molar-refractivity contribution in [2.45, 2.75) is 131 Å². The Morgan fingerprint density at radius 1 is 0.550 bits per heavy atom. The maximum Gasteiger partial charge on any atom is 0.351 e. The van der Waals surface area contributed by atoms with Crippen LogP contribution in [0, 0.1) is 6.92 Å². The maximum absolute atomic E-state index is 13.2. The van der Waals surface area contributed by atoms with Crippen LogP contribution in [0.2, 0.25) is 0 Å². The molecule has 0 radical (unpaired) electrons. The van der Waals surface area contributed by atoms with Crippen molar-refractivity contribution in [3.63, 3.8) is 0 Å². The van der Waals surface area contributed by atoms with Crippen LogP contribution in [0.5, 0.6) is 0 Å². The molecular formula is C47H58N16O17. The molecule has 0 saturated carbocycles. The smallest absolute Gasteiger partial charge is 0.351 e. The van der Waals surface area contributed by atoms with Gasteiger partial charge < -0.3 is 75.8 Å². The van der Waals surface area contributed by atoms with E-state index in [-0.39, 0.29) is 98.7 Å². The topological polar surface area (TPSA) is 451 Å². The summed E-state index contributed by atoms with van der Waals surface area (Å²) in [6.45, 7) is 0.451. The minimum atomic E-state index is -1.07. The van der Waals surface area contributed by atoms with Gasteiger partial charge in [0, 0.05) is 62.5 Å². The van der Waals surface area contributed by atoms with Gasteiger partial charge in [0.2, 0.25) is 5.95 Å². The van der Waals surface area contributed by atoms with Crippen molar-refractivity contribution < 1.29 is 52.8 Å². The highest BCUT2D eigenvalue weighted by Gasteiger charge is 2.46. The Kier molecular flexibility index (Phi) is 15.3. The van der Waals surface area contributed by atoms with Gasteiger partial charge in [0.1, 0.15) is 79.1 Å². The van der Waals surface area contributed by atoms with Crippen molar-refractivity contribution in [1.29, 1.82) is 0 Å². The first-order valence-corrected chi connectivity index (χ1v) is 25.6. The molecule has 0 unspecified atom stereocenters. The lowest BCUT2D eigenvalue weighted by atomic mass is 10.1. The monoisotopic (exact) mass is 1120 g/mol. The number of nitrogens with one attached hydrogen (secondary N) is 2. The molecule has 5 aliphatic rings. The number of fused-ring (bicyclic) bond motifs is 1. The molecule has 5 fully saturated rings. The third-order valence-electron chi connectivity index (χ3n) is 14.7. The Balaban J connectivity index is 0.810. The van der Waals surface area contributed by atoms with Crippen molar-refractivity contribution in [2.75, 3.05) is 56.0 Å². The molecule has 12 N–H and O–H groups in total. The third-order valence-corrected chi connectivity index (χ3v) is 14.7. The molecule has 0 spiro atoms. The summed E-state index contributed by atoms with van der Waals surface area (Å²) >= 11 is 0. The Hall–Kier alpha value is -7.57. The number of ether oxygens (including phenoxy) is 9. The fourth-order valence-corrected chi connectivity index (χ4v) is 10.6. The highest BCUT2D eigenvalue weighted by atomic mass is 16.6. The molecule has 0 amide bonds. The molecular weight excluding hydrogens is 1060 g/mol. The summed E-state index contributed by atoms with van der Waals surface area (Å²) in [7, 11) is 0. The summed E-state index contributed by atoms with van der Waals surface area (Å²) < 4.78 is 64.2. The summed E-state index contributed by atoms with van der Waals surface area (Å²) in [6, 6.07) is 4.33. The van der Waals surface area contributed by atoms with E-state index in [1.54, 1.807) is 0 Å². The largest absolute Gasteiger partial charge is 0.394 e. The Bertz CT molecular complexity index is 3600. The molecule has 0 aliphatic carbocycles. The highest BCUT2D eigenvalue weighted by molar-refractivity contribution is 5.70. The van der Waals surface area contributed by atoms with Crippen LogP contribution < -0.4 is 56.8 Å². The van der Waals surface area contributed by atoms with Crippen LogP contribution in [0.1, 0.15) is 68.8 Å². The number of aliphatic hydroxyl groups is 2. The highest BCUT2D eigenvalue weighted by Crippen LogP contribution is 2.38. The lowest BCUT2D eigenvalue weighted by molar-refractivity contribution is -0.138. The Morgan fingerprint density at radius 2 is 0.963 bits per heavy atom. The minimum Gasteiger partial charge on any atom is -0.394 e. The van der Waals surface area contributed by atoms with Gasteiger partial charge in [-0.15, -0.1) is 0 Å². The zero-order valence-corrected chi connectivity index (χ0v) is 42.6. The molecule has 6 aromatic heterocycles. The molecule has 33 nitrogen and oxygen atoms in total. The quantitative estimate of drug-likeness (QED) is 0.0412.